The van der Waals surface area contributed by atoms with Crippen LogP contribution >= 0.6 is 0 Å². The van der Waals surface area contributed by atoms with E-state index in [1.807, 2.05) is 32.0 Å². The summed E-state index contributed by atoms with van der Waals surface area (Å²) >= 11 is 0. The Morgan fingerprint density at radius 2 is 2.10 bits per heavy atom. The molecule has 0 spiro atoms. The fourth-order valence-electron chi connectivity index (χ4n) is 2.81. The van der Waals surface area contributed by atoms with Crippen molar-refractivity contribution in [1.82, 2.24) is 0 Å². The third kappa shape index (κ3) is 2.46. The number of hydrogen-bond acceptors (Lipinski definition) is 4. The van der Waals surface area contributed by atoms with E-state index in [0.29, 0.717) is 12.1 Å². The molecule has 1 aliphatic rings. The van der Waals surface area contributed by atoms with Crippen molar-refractivity contribution in [3.63, 3.8) is 0 Å². The van der Waals surface area contributed by atoms with Gasteiger partial charge in [-0.3, -0.25) is 4.79 Å². The van der Waals surface area contributed by atoms with Gasteiger partial charge < -0.3 is 20.8 Å². The zero-order valence-electron chi connectivity index (χ0n) is 12.4. The number of furan rings is 1. The predicted octanol–water partition coefficient (Wildman–Crippen LogP) is 3.15. The smallest absolute Gasteiger partial charge is 0.228 e. The lowest BCUT2D eigenvalue weighted by Crippen LogP contribution is -2.09. The summed E-state index contributed by atoms with van der Waals surface area (Å²) in [7, 11) is 0. The van der Waals surface area contributed by atoms with Gasteiger partial charge in [-0.1, -0.05) is 0 Å². The molecule has 1 aliphatic heterocycles. The Hall–Kier alpha value is -2.43. The maximum absolute atomic E-state index is 11.4. The van der Waals surface area contributed by atoms with Gasteiger partial charge in [0, 0.05) is 11.3 Å². The standard InChI is InChI=1S/C16H19N3O2/c1-8-4-12(10(3)21-8)9(2)18-15-7-14-11(5-13(15)17)6-16(20)19-14/h4-5,7,9,18H,6,17H2,1-3H3,(H,19,20). The Morgan fingerprint density at radius 3 is 2.76 bits per heavy atom. The van der Waals surface area contributed by atoms with E-state index in [4.69, 9.17) is 10.2 Å². The lowest BCUT2D eigenvalue weighted by Gasteiger charge is -2.17. The van der Waals surface area contributed by atoms with Crippen molar-refractivity contribution in [3.05, 3.63) is 40.8 Å². The number of carbonyl (C=O) groups excluding carboxylic acids is 1. The monoisotopic (exact) mass is 285 g/mol. The molecule has 0 aliphatic carbocycles. The first-order valence-electron chi connectivity index (χ1n) is 6.99. The first-order chi connectivity index (χ1) is 9.94. The van der Waals surface area contributed by atoms with Crippen molar-refractivity contribution in [2.24, 2.45) is 0 Å². The summed E-state index contributed by atoms with van der Waals surface area (Å²) in [6.45, 7) is 5.94. The van der Waals surface area contributed by atoms with Gasteiger partial charge >= 0.3 is 0 Å². The molecule has 1 atom stereocenters. The van der Waals surface area contributed by atoms with E-state index in [0.717, 1.165) is 34.0 Å². The van der Waals surface area contributed by atoms with E-state index in [1.165, 1.54) is 0 Å². The molecule has 5 heteroatoms. The third-order valence-corrected chi connectivity index (χ3v) is 3.82. The molecule has 0 bridgehead atoms. The van der Waals surface area contributed by atoms with Gasteiger partial charge in [0.1, 0.15) is 11.5 Å². The van der Waals surface area contributed by atoms with Gasteiger partial charge in [0.05, 0.1) is 23.8 Å². The quantitative estimate of drug-likeness (QED) is 0.757. The second kappa shape index (κ2) is 4.84. The fourth-order valence-corrected chi connectivity index (χ4v) is 2.81. The van der Waals surface area contributed by atoms with Crippen LogP contribution in [0.4, 0.5) is 17.1 Å². The first kappa shape index (κ1) is 13.5. The highest BCUT2D eigenvalue weighted by Crippen LogP contribution is 2.34. The number of benzene rings is 1. The summed E-state index contributed by atoms with van der Waals surface area (Å²) in [6, 6.07) is 5.85. The third-order valence-electron chi connectivity index (χ3n) is 3.82. The molecular formula is C16H19N3O2. The molecule has 2 heterocycles. The number of anilines is 3. The molecule has 21 heavy (non-hydrogen) atoms. The maximum Gasteiger partial charge on any atom is 0.228 e. The number of nitrogen functional groups attached to an aromatic ring is 1. The number of carbonyl (C=O) groups is 1. The van der Waals surface area contributed by atoms with Crippen LogP contribution in [0.1, 0.15) is 35.6 Å². The van der Waals surface area contributed by atoms with E-state index >= 15 is 0 Å². The van der Waals surface area contributed by atoms with E-state index < -0.39 is 0 Å². The maximum atomic E-state index is 11.4. The summed E-state index contributed by atoms with van der Waals surface area (Å²) in [4.78, 5) is 11.4. The van der Waals surface area contributed by atoms with E-state index in [-0.39, 0.29) is 11.9 Å². The van der Waals surface area contributed by atoms with Crippen molar-refractivity contribution < 1.29 is 9.21 Å². The molecule has 1 aromatic carbocycles. The molecule has 0 fully saturated rings. The lowest BCUT2D eigenvalue weighted by molar-refractivity contribution is -0.115. The Balaban J connectivity index is 1.87. The van der Waals surface area contributed by atoms with Crippen molar-refractivity contribution in [2.45, 2.75) is 33.2 Å². The van der Waals surface area contributed by atoms with Crippen LogP contribution in [-0.2, 0) is 11.2 Å². The number of nitrogens with two attached hydrogens (primary N) is 1. The van der Waals surface area contributed by atoms with Gasteiger partial charge in [0.2, 0.25) is 5.91 Å². The van der Waals surface area contributed by atoms with Gasteiger partial charge in [0.25, 0.3) is 0 Å². The number of rotatable bonds is 3. The van der Waals surface area contributed by atoms with Crippen LogP contribution in [0.2, 0.25) is 0 Å². The molecule has 110 valence electrons. The topological polar surface area (TPSA) is 80.3 Å². The Morgan fingerprint density at radius 1 is 1.33 bits per heavy atom. The minimum atomic E-state index is 0.0101. The SMILES string of the molecule is Cc1cc(C(C)Nc2cc3c(cc2N)CC(=O)N3)c(C)o1. The molecule has 0 saturated carbocycles. The summed E-state index contributed by atoms with van der Waals surface area (Å²) in [5.74, 6) is 1.81. The molecule has 4 N–H and O–H groups in total. The molecular weight excluding hydrogens is 266 g/mol. The summed E-state index contributed by atoms with van der Waals surface area (Å²) in [5, 5.41) is 6.23. The van der Waals surface area contributed by atoms with Crippen molar-refractivity contribution in [2.75, 3.05) is 16.4 Å². The molecule has 1 unspecified atom stereocenters. The second-order valence-electron chi connectivity index (χ2n) is 5.56. The molecule has 0 radical (unpaired) electrons. The molecule has 1 aromatic heterocycles. The average molecular weight is 285 g/mol. The number of fused-ring (bicyclic) bond motifs is 1. The number of aryl methyl sites for hydroxylation is 2. The molecule has 1 amide bonds. The Labute approximate surface area is 123 Å². The van der Waals surface area contributed by atoms with Crippen LogP contribution < -0.4 is 16.4 Å². The molecule has 0 saturated heterocycles. The fraction of sp³-hybridized carbons (Fsp3) is 0.312. The first-order valence-corrected chi connectivity index (χ1v) is 6.99. The van der Waals surface area contributed by atoms with E-state index in [9.17, 15) is 4.79 Å². The van der Waals surface area contributed by atoms with Crippen molar-refractivity contribution in [3.8, 4) is 0 Å². The predicted molar refractivity (Wildman–Crippen MR) is 83.4 cm³/mol. The Kier molecular flexibility index (Phi) is 3.12. The van der Waals surface area contributed by atoms with Gasteiger partial charge in [-0.15, -0.1) is 0 Å². The Bertz CT molecular complexity index is 719. The summed E-state index contributed by atoms with van der Waals surface area (Å²) in [5.41, 5.74) is 10.4. The zero-order chi connectivity index (χ0) is 15.1. The highest BCUT2D eigenvalue weighted by molar-refractivity contribution is 6.00. The molecule has 3 rings (SSSR count). The number of hydrogen-bond donors (Lipinski definition) is 3. The largest absolute Gasteiger partial charge is 0.466 e. The minimum absolute atomic E-state index is 0.0101. The van der Waals surface area contributed by atoms with Crippen LogP contribution in [0, 0.1) is 13.8 Å². The van der Waals surface area contributed by atoms with E-state index in [2.05, 4.69) is 17.6 Å². The van der Waals surface area contributed by atoms with Crippen LogP contribution in [0.3, 0.4) is 0 Å². The van der Waals surface area contributed by atoms with E-state index in [1.54, 1.807) is 0 Å². The van der Waals surface area contributed by atoms with Gasteiger partial charge in [-0.25, -0.2) is 0 Å². The van der Waals surface area contributed by atoms with Crippen LogP contribution in [0.15, 0.2) is 22.6 Å². The van der Waals surface area contributed by atoms with Crippen LogP contribution in [0.5, 0.6) is 0 Å². The highest BCUT2D eigenvalue weighted by Gasteiger charge is 2.20. The summed E-state index contributed by atoms with van der Waals surface area (Å²) < 4.78 is 5.56. The minimum Gasteiger partial charge on any atom is -0.466 e. The zero-order valence-corrected chi connectivity index (χ0v) is 12.4. The summed E-state index contributed by atoms with van der Waals surface area (Å²) in [6.07, 6.45) is 0.398. The van der Waals surface area contributed by atoms with Crippen molar-refractivity contribution >= 4 is 23.0 Å². The van der Waals surface area contributed by atoms with Crippen LogP contribution in [0.25, 0.3) is 0 Å². The average Bonchev–Trinajstić information content (AvgIpc) is 2.91. The highest BCUT2D eigenvalue weighted by atomic mass is 16.3. The van der Waals surface area contributed by atoms with Gasteiger partial charge in [-0.05, 0) is 44.5 Å². The van der Waals surface area contributed by atoms with Gasteiger partial charge in [-0.2, -0.15) is 0 Å². The normalized spacial score (nSPS) is 14.7. The second-order valence-corrected chi connectivity index (χ2v) is 5.56. The number of amides is 1. The van der Waals surface area contributed by atoms with Gasteiger partial charge in [0.15, 0.2) is 0 Å². The molecule has 2 aromatic rings. The number of nitrogens with one attached hydrogen (secondary N) is 2. The molecule has 5 nitrogen and oxygen atoms in total. The lowest BCUT2D eigenvalue weighted by atomic mass is 10.1. The van der Waals surface area contributed by atoms with Crippen LogP contribution in [-0.4, -0.2) is 5.91 Å². The van der Waals surface area contributed by atoms with Crippen molar-refractivity contribution in [1.29, 1.82) is 0 Å².